The summed E-state index contributed by atoms with van der Waals surface area (Å²) in [5.41, 5.74) is 1.32. The van der Waals surface area contributed by atoms with Gasteiger partial charge in [0.05, 0.1) is 0 Å². The summed E-state index contributed by atoms with van der Waals surface area (Å²) in [5.74, 6) is -0.855. The standard InChI is InChI=1S/C21H23N3O3/c1-3-7-15-10-12-16(13-11-15)21(2)19(26)24(20(27)23-21)14-18(25)22-17-8-5-4-6-9-17/h4-6,8-13H,3,7,14H2,1-2H3,(H,22,25)(H,23,27). The number of hydrogen-bond donors (Lipinski definition) is 2. The zero-order chi connectivity index (χ0) is 19.4. The molecule has 1 aliphatic heterocycles. The lowest BCUT2D eigenvalue weighted by Crippen LogP contribution is -2.42. The van der Waals surface area contributed by atoms with Gasteiger partial charge in [-0.25, -0.2) is 4.79 Å². The summed E-state index contributed by atoms with van der Waals surface area (Å²) < 4.78 is 0. The second-order valence-electron chi connectivity index (χ2n) is 6.81. The Kier molecular flexibility index (Phi) is 5.26. The predicted octanol–water partition coefficient (Wildman–Crippen LogP) is 3.04. The van der Waals surface area contributed by atoms with E-state index in [0.717, 1.165) is 17.7 Å². The van der Waals surface area contributed by atoms with E-state index >= 15 is 0 Å². The Morgan fingerprint density at radius 1 is 1.07 bits per heavy atom. The lowest BCUT2D eigenvalue weighted by Gasteiger charge is -2.22. The number of benzene rings is 2. The zero-order valence-corrected chi connectivity index (χ0v) is 15.5. The Hall–Kier alpha value is -3.15. The number of aryl methyl sites for hydroxylation is 1. The molecule has 3 rings (SSSR count). The third kappa shape index (κ3) is 3.84. The van der Waals surface area contributed by atoms with Crippen molar-refractivity contribution in [3.05, 3.63) is 65.7 Å². The van der Waals surface area contributed by atoms with Crippen molar-refractivity contribution in [3.8, 4) is 0 Å². The van der Waals surface area contributed by atoms with Crippen LogP contribution in [-0.4, -0.2) is 29.3 Å². The van der Waals surface area contributed by atoms with Crippen molar-refractivity contribution in [1.29, 1.82) is 0 Å². The molecule has 1 aliphatic rings. The summed E-state index contributed by atoms with van der Waals surface area (Å²) in [4.78, 5) is 38.4. The molecule has 2 N–H and O–H groups in total. The van der Waals surface area contributed by atoms with Gasteiger partial charge in [-0.2, -0.15) is 0 Å². The summed E-state index contributed by atoms with van der Waals surface area (Å²) in [7, 11) is 0. The number of carbonyl (C=O) groups is 3. The molecule has 6 nitrogen and oxygen atoms in total. The molecule has 1 heterocycles. The summed E-state index contributed by atoms with van der Waals surface area (Å²) in [6.07, 6.45) is 2.00. The van der Waals surface area contributed by atoms with Gasteiger partial charge in [-0.05, 0) is 36.6 Å². The first-order valence-corrected chi connectivity index (χ1v) is 9.02. The molecule has 1 saturated heterocycles. The van der Waals surface area contributed by atoms with Gasteiger partial charge in [0.25, 0.3) is 5.91 Å². The number of para-hydroxylation sites is 1. The maximum atomic E-state index is 12.9. The maximum absolute atomic E-state index is 12.9. The first-order valence-electron chi connectivity index (χ1n) is 9.02. The van der Waals surface area contributed by atoms with Crippen molar-refractivity contribution in [2.75, 3.05) is 11.9 Å². The smallest absolute Gasteiger partial charge is 0.325 e. The SMILES string of the molecule is CCCc1ccc(C2(C)NC(=O)N(CC(=O)Nc3ccccc3)C2=O)cc1. The second kappa shape index (κ2) is 7.61. The van der Waals surface area contributed by atoms with Crippen LogP contribution in [0.4, 0.5) is 10.5 Å². The van der Waals surface area contributed by atoms with E-state index in [9.17, 15) is 14.4 Å². The molecule has 0 radical (unpaired) electrons. The number of hydrogen-bond acceptors (Lipinski definition) is 3. The molecule has 1 fully saturated rings. The van der Waals surface area contributed by atoms with Crippen molar-refractivity contribution >= 4 is 23.5 Å². The van der Waals surface area contributed by atoms with E-state index in [0.29, 0.717) is 11.3 Å². The molecule has 0 spiro atoms. The number of nitrogens with zero attached hydrogens (tertiary/aromatic N) is 1. The Labute approximate surface area is 158 Å². The highest BCUT2D eigenvalue weighted by Crippen LogP contribution is 2.29. The number of amides is 4. The highest BCUT2D eigenvalue weighted by atomic mass is 16.2. The minimum absolute atomic E-state index is 0.330. The van der Waals surface area contributed by atoms with Crippen LogP contribution in [0.15, 0.2) is 54.6 Å². The second-order valence-corrected chi connectivity index (χ2v) is 6.81. The molecule has 0 aromatic heterocycles. The predicted molar refractivity (Wildman–Crippen MR) is 103 cm³/mol. The monoisotopic (exact) mass is 365 g/mol. The molecule has 1 atom stereocenters. The normalized spacial score (nSPS) is 19.1. The molecule has 27 heavy (non-hydrogen) atoms. The minimum Gasteiger partial charge on any atom is -0.325 e. The van der Waals surface area contributed by atoms with Gasteiger partial charge < -0.3 is 10.6 Å². The van der Waals surface area contributed by atoms with Crippen LogP contribution in [0.5, 0.6) is 0 Å². The van der Waals surface area contributed by atoms with Crippen LogP contribution in [0.1, 0.15) is 31.4 Å². The van der Waals surface area contributed by atoms with Crippen molar-refractivity contribution in [2.45, 2.75) is 32.2 Å². The van der Waals surface area contributed by atoms with Crippen LogP contribution >= 0.6 is 0 Å². The topological polar surface area (TPSA) is 78.5 Å². The minimum atomic E-state index is -1.17. The van der Waals surface area contributed by atoms with Gasteiger partial charge in [0.15, 0.2) is 0 Å². The fourth-order valence-corrected chi connectivity index (χ4v) is 3.20. The molecule has 140 valence electrons. The maximum Gasteiger partial charge on any atom is 0.325 e. The molecular weight excluding hydrogens is 342 g/mol. The Bertz CT molecular complexity index is 849. The average molecular weight is 365 g/mol. The highest BCUT2D eigenvalue weighted by molar-refractivity contribution is 6.10. The number of anilines is 1. The van der Waals surface area contributed by atoms with Crippen LogP contribution in [0.3, 0.4) is 0 Å². The average Bonchev–Trinajstić information content (AvgIpc) is 2.87. The van der Waals surface area contributed by atoms with Crippen LogP contribution in [0, 0.1) is 0 Å². The molecule has 0 saturated carbocycles. The summed E-state index contributed by atoms with van der Waals surface area (Å²) in [5, 5.41) is 5.41. The molecule has 1 unspecified atom stereocenters. The van der Waals surface area contributed by atoms with Gasteiger partial charge in [-0.1, -0.05) is 55.8 Å². The first-order chi connectivity index (χ1) is 12.9. The van der Waals surface area contributed by atoms with Crippen LogP contribution in [-0.2, 0) is 21.5 Å². The third-order valence-electron chi connectivity index (χ3n) is 4.70. The fraction of sp³-hybridized carbons (Fsp3) is 0.286. The molecule has 6 heteroatoms. The number of urea groups is 1. The van der Waals surface area contributed by atoms with Crippen LogP contribution in [0.25, 0.3) is 0 Å². The van der Waals surface area contributed by atoms with Crippen molar-refractivity contribution in [3.63, 3.8) is 0 Å². The van der Waals surface area contributed by atoms with E-state index in [1.807, 2.05) is 30.3 Å². The van der Waals surface area contributed by atoms with E-state index in [-0.39, 0.29) is 6.54 Å². The lowest BCUT2D eigenvalue weighted by molar-refractivity contribution is -0.133. The van der Waals surface area contributed by atoms with Crippen molar-refractivity contribution < 1.29 is 14.4 Å². The van der Waals surface area contributed by atoms with Gasteiger partial charge in [0.1, 0.15) is 12.1 Å². The van der Waals surface area contributed by atoms with Gasteiger partial charge >= 0.3 is 6.03 Å². The zero-order valence-electron chi connectivity index (χ0n) is 15.5. The fourth-order valence-electron chi connectivity index (χ4n) is 3.20. The summed E-state index contributed by atoms with van der Waals surface area (Å²) >= 11 is 0. The van der Waals surface area contributed by atoms with Gasteiger partial charge in [0.2, 0.25) is 5.91 Å². The van der Waals surface area contributed by atoms with Crippen LogP contribution < -0.4 is 10.6 Å². The van der Waals surface area contributed by atoms with Crippen molar-refractivity contribution in [1.82, 2.24) is 10.2 Å². The highest BCUT2D eigenvalue weighted by Gasteiger charge is 2.49. The van der Waals surface area contributed by atoms with E-state index in [1.54, 1.807) is 31.2 Å². The Morgan fingerprint density at radius 3 is 2.37 bits per heavy atom. The van der Waals surface area contributed by atoms with Crippen LogP contribution in [0.2, 0.25) is 0 Å². The van der Waals surface area contributed by atoms with E-state index < -0.39 is 23.4 Å². The molecule has 2 aromatic rings. The number of rotatable bonds is 6. The molecular formula is C21H23N3O3. The lowest BCUT2D eigenvalue weighted by atomic mass is 9.91. The van der Waals surface area contributed by atoms with E-state index in [2.05, 4.69) is 17.6 Å². The number of carbonyl (C=O) groups excluding carboxylic acids is 3. The molecule has 4 amide bonds. The largest absolute Gasteiger partial charge is 0.325 e. The van der Waals surface area contributed by atoms with E-state index in [1.165, 1.54) is 5.56 Å². The third-order valence-corrected chi connectivity index (χ3v) is 4.70. The first kappa shape index (κ1) is 18.6. The number of imide groups is 1. The quantitative estimate of drug-likeness (QED) is 0.773. The number of nitrogens with one attached hydrogen (secondary N) is 2. The van der Waals surface area contributed by atoms with Gasteiger partial charge in [-0.15, -0.1) is 0 Å². The van der Waals surface area contributed by atoms with Gasteiger partial charge in [0, 0.05) is 5.69 Å². The summed E-state index contributed by atoms with van der Waals surface area (Å²) in [6, 6.07) is 16.0. The van der Waals surface area contributed by atoms with Gasteiger partial charge in [-0.3, -0.25) is 14.5 Å². The Balaban J connectivity index is 1.72. The van der Waals surface area contributed by atoms with Crippen molar-refractivity contribution in [2.24, 2.45) is 0 Å². The Morgan fingerprint density at radius 2 is 1.74 bits per heavy atom. The molecule has 0 bridgehead atoms. The summed E-state index contributed by atoms with van der Waals surface area (Å²) in [6.45, 7) is 3.44. The molecule has 0 aliphatic carbocycles. The molecule has 2 aromatic carbocycles. The van der Waals surface area contributed by atoms with E-state index in [4.69, 9.17) is 0 Å².